The van der Waals surface area contributed by atoms with Crippen LogP contribution in [0, 0.1) is 12.3 Å². The number of aryl methyl sites for hydroxylation is 3. The molecule has 2 aliphatic rings. The molecule has 0 atom stereocenters. The van der Waals surface area contributed by atoms with E-state index in [9.17, 15) is 0 Å². The molecule has 0 bridgehead atoms. The summed E-state index contributed by atoms with van der Waals surface area (Å²) in [6, 6.07) is 7.34. The molecule has 2 saturated carbocycles. The third-order valence-corrected chi connectivity index (χ3v) is 8.58. The Bertz CT molecular complexity index is 566. The van der Waals surface area contributed by atoms with Gasteiger partial charge in [-0.15, -0.1) is 0 Å². The molecule has 0 amide bonds. The highest BCUT2D eigenvalue weighted by Crippen LogP contribution is 2.52. The van der Waals surface area contributed by atoms with E-state index in [0.717, 1.165) is 5.41 Å². The van der Waals surface area contributed by atoms with Crippen molar-refractivity contribution in [2.24, 2.45) is 5.41 Å². The van der Waals surface area contributed by atoms with Gasteiger partial charge < -0.3 is 0 Å². The van der Waals surface area contributed by atoms with Crippen molar-refractivity contribution < 1.29 is 0 Å². The van der Waals surface area contributed by atoms with Crippen molar-refractivity contribution in [2.45, 2.75) is 114 Å². The fourth-order valence-electron chi connectivity index (χ4n) is 4.53. The molecule has 0 saturated heterocycles. The Labute approximate surface area is 176 Å². The van der Waals surface area contributed by atoms with Crippen LogP contribution >= 0.6 is 22.6 Å². The van der Waals surface area contributed by atoms with Gasteiger partial charge in [0, 0.05) is 3.42 Å². The molecular weight excluding hydrogens is 427 g/mol. The molecule has 0 unspecified atom stereocenters. The van der Waals surface area contributed by atoms with E-state index in [2.05, 4.69) is 54.6 Å². The minimum atomic E-state index is 0.713. The third kappa shape index (κ3) is 6.84. The van der Waals surface area contributed by atoms with Gasteiger partial charge in [-0.2, -0.15) is 0 Å². The summed E-state index contributed by atoms with van der Waals surface area (Å²) in [5, 5.41) is 0. The molecule has 0 aromatic heterocycles. The highest BCUT2D eigenvalue weighted by atomic mass is 127. The molecule has 3 rings (SSSR count). The SMILES string of the molecule is CCC1(CCCCCc2cc(C)cc(CCCCCC3(I)CC3)c2)CC1. The quantitative estimate of drug-likeness (QED) is 0.156. The standard InChI is InChI=1S/C25H39I/c1-3-24(14-15-24)12-8-4-6-10-22-18-21(2)19-23(20-22)11-7-5-9-13-25(26)16-17-25/h18-20H,3-17H2,1-2H3. The summed E-state index contributed by atoms with van der Waals surface area (Å²) in [5.41, 5.74) is 5.41. The van der Waals surface area contributed by atoms with Gasteiger partial charge in [-0.25, -0.2) is 0 Å². The van der Waals surface area contributed by atoms with Crippen molar-refractivity contribution in [2.75, 3.05) is 0 Å². The lowest BCUT2D eigenvalue weighted by atomic mass is 9.94. The normalized spacial score (nSPS) is 19.5. The van der Waals surface area contributed by atoms with E-state index >= 15 is 0 Å². The van der Waals surface area contributed by atoms with Crippen LogP contribution < -0.4 is 0 Å². The summed E-state index contributed by atoms with van der Waals surface area (Å²) in [6.45, 7) is 4.66. The zero-order chi connectivity index (χ0) is 18.5. The Morgan fingerprint density at radius 3 is 1.85 bits per heavy atom. The lowest BCUT2D eigenvalue weighted by molar-refractivity contribution is 0.422. The molecule has 0 radical (unpaired) electrons. The zero-order valence-electron chi connectivity index (χ0n) is 17.2. The van der Waals surface area contributed by atoms with Crippen LogP contribution in [0.15, 0.2) is 18.2 Å². The van der Waals surface area contributed by atoms with Gasteiger partial charge in [0.2, 0.25) is 0 Å². The molecule has 1 heteroatoms. The van der Waals surface area contributed by atoms with Gasteiger partial charge in [0.15, 0.2) is 0 Å². The largest absolute Gasteiger partial charge is 0.0789 e. The van der Waals surface area contributed by atoms with E-state index in [0.29, 0.717) is 3.42 Å². The lowest BCUT2D eigenvalue weighted by Crippen LogP contribution is -1.98. The number of hydrogen-bond donors (Lipinski definition) is 0. The van der Waals surface area contributed by atoms with Crippen molar-refractivity contribution >= 4 is 22.6 Å². The summed E-state index contributed by atoms with van der Waals surface area (Å²) >= 11 is 2.69. The van der Waals surface area contributed by atoms with Crippen molar-refractivity contribution in [3.05, 3.63) is 34.9 Å². The maximum Gasteiger partial charge on any atom is 0.0223 e. The molecule has 1 aromatic rings. The van der Waals surface area contributed by atoms with Crippen LogP contribution in [0.5, 0.6) is 0 Å². The molecule has 0 heterocycles. The second-order valence-corrected chi connectivity index (χ2v) is 11.7. The molecular formula is C25H39I. The molecule has 1 aromatic carbocycles. The van der Waals surface area contributed by atoms with Crippen LogP contribution in [0.2, 0.25) is 0 Å². The summed E-state index contributed by atoms with van der Waals surface area (Å²) in [7, 11) is 0. The second kappa shape index (κ2) is 9.43. The van der Waals surface area contributed by atoms with Gasteiger partial charge >= 0.3 is 0 Å². The van der Waals surface area contributed by atoms with E-state index in [1.807, 2.05) is 0 Å². The zero-order valence-corrected chi connectivity index (χ0v) is 19.4. The van der Waals surface area contributed by atoms with E-state index in [-0.39, 0.29) is 0 Å². The average molecular weight is 466 g/mol. The summed E-state index contributed by atoms with van der Waals surface area (Å²) in [6.07, 6.45) is 21.3. The van der Waals surface area contributed by atoms with Crippen molar-refractivity contribution in [3.8, 4) is 0 Å². The second-order valence-electron chi connectivity index (χ2n) is 9.45. The molecule has 2 aliphatic carbocycles. The van der Waals surface area contributed by atoms with E-state index in [1.54, 1.807) is 11.1 Å². The fourth-order valence-corrected chi connectivity index (χ4v) is 5.18. The fraction of sp³-hybridized carbons (Fsp3) is 0.760. The van der Waals surface area contributed by atoms with Crippen LogP contribution in [-0.2, 0) is 12.8 Å². The lowest BCUT2D eigenvalue weighted by Gasteiger charge is -2.12. The predicted octanol–water partition coefficient (Wildman–Crippen LogP) is 8.36. The Balaban J connectivity index is 1.32. The molecule has 26 heavy (non-hydrogen) atoms. The Morgan fingerprint density at radius 1 is 0.769 bits per heavy atom. The summed E-state index contributed by atoms with van der Waals surface area (Å²) in [4.78, 5) is 0. The minimum Gasteiger partial charge on any atom is -0.0789 e. The average Bonchev–Trinajstić information content (AvgIpc) is 3.53. The number of alkyl halides is 1. The van der Waals surface area contributed by atoms with Crippen LogP contribution in [-0.4, -0.2) is 3.42 Å². The Morgan fingerprint density at radius 2 is 1.35 bits per heavy atom. The van der Waals surface area contributed by atoms with E-state index in [4.69, 9.17) is 0 Å². The van der Waals surface area contributed by atoms with Crippen LogP contribution in [0.25, 0.3) is 0 Å². The van der Waals surface area contributed by atoms with Crippen LogP contribution in [0.4, 0.5) is 0 Å². The highest BCUT2D eigenvalue weighted by Gasteiger charge is 2.39. The van der Waals surface area contributed by atoms with Gasteiger partial charge in [-0.1, -0.05) is 85.4 Å². The first-order valence-electron chi connectivity index (χ1n) is 11.3. The van der Waals surface area contributed by atoms with Gasteiger partial charge in [-0.3, -0.25) is 0 Å². The first-order valence-corrected chi connectivity index (χ1v) is 12.4. The minimum absolute atomic E-state index is 0.713. The van der Waals surface area contributed by atoms with Gasteiger partial charge in [0.05, 0.1) is 0 Å². The Kier molecular flexibility index (Phi) is 7.50. The molecule has 0 nitrogen and oxygen atoms in total. The molecule has 0 spiro atoms. The summed E-state index contributed by atoms with van der Waals surface area (Å²) in [5.74, 6) is 0. The van der Waals surface area contributed by atoms with Gasteiger partial charge in [-0.05, 0) is 87.7 Å². The number of halogens is 1. The van der Waals surface area contributed by atoms with E-state index in [1.165, 1.54) is 102 Å². The highest BCUT2D eigenvalue weighted by molar-refractivity contribution is 14.1. The molecule has 2 fully saturated rings. The monoisotopic (exact) mass is 466 g/mol. The van der Waals surface area contributed by atoms with E-state index < -0.39 is 0 Å². The number of rotatable bonds is 13. The Hall–Kier alpha value is -0.0500. The number of unbranched alkanes of at least 4 members (excludes halogenated alkanes) is 4. The van der Waals surface area contributed by atoms with Crippen molar-refractivity contribution in [3.63, 3.8) is 0 Å². The van der Waals surface area contributed by atoms with Gasteiger partial charge in [0.25, 0.3) is 0 Å². The number of benzene rings is 1. The molecule has 0 aliphatic heterocycles. The summed E-state index contributed by atoms with van der Waals surface area (Å²) < 4.78 is 0.713. The van der Waals surface area contributed by atoms with Crippen molar-refractivity contribution in [1.82, 2.24) is 0 Å². The van der Waals surface area contributed by atoms with Crippen LogP contribution in [0.3, 0.4) is 0 Å². The predicted molar refractivity (Wildman–Crippen MR) is 123 cm³/mol. The van der Waals surface area contributed by atoms with Crippen LogP contribution in [0.1, 0.15) is 107 Å². The van der Waals surface area contributed by atoms with Gasteiger partial charge in [0.1, 0.15) is 0 Å². The third-order valence-electron chi connectivity index (χ3n) is 6.96. The maximum absolute atomic E-state index is 2.69. The maximum atomic E-state index is 2.69. The molecule has 0 N–H and O–H groups in total. The number of hydrogen-bond acceptors (Lipinski definition) is 0. The first kappa shape index (κ1) is 20.7. The first-order chi connectivity index (χ1) is 12.5. The smallest absolute Gasteiger partial charge is 0.0223 e. The topological polar surface area (TPSA) is 0 Å². The molecule has 146 valence electrons. The van der Waals surface area contributed by atoms with Crippen molar-refractivity contribution in [1.29, 1.82) is 0 Å².